The van der Waals surface area contributed by atoms with E-state index >= 15 is 0 Å². The van der Waals surface area contributed by atoms with Gasteiger partial charge in [0, 0.05) is 22.0 Å². The highest BCUT2D eigenvalue weighted by molar-refractivity contribution is 6.30. The number of fused-ring (bicyclic) bond motifs is 2. The molecule has 0 aliphatic heterocycles. The number of benzene rings is 3. The Morgan fingerprint density at radius 2 is 1.70 bits per heavy atom. The van der Waals surface area contributed by atoms with Crippen LogP contribution in [0.2, 0.25) is 5.02 Å². The maximum absolute atomic E-state index is 13.2. The molecule has 2 aromatic heterocycles. The summed E-state index contributed by atoms with van der Waals surface area (Å²) in [6.07, 6.45) is 5.81. The van der Waals surface area contributed by atoms with Crippen LogP contribution < -0.4 is 5.32 Å². The summed E-state index contributed by atoms with van der Waals surface area (Å²) in [5, 5.41) is 4.67. The van der Waals surface area contributed by atoms with Crippen molar-refractivity contribution in [3.63, 3.8) is 0 Å². The molecule has 1 aliphatic carbocycles. The fourth-order valence-electron chi connectivity index (χ4n) is 6.03. The molecule has 1 N–H and O–H groups in total. The van der Waals surface area contributed by atoms with Gasteiger partial charge in [-0.2, -0.15) is 0 Å². The molecule has 0 atom stereocenters. The van der Waals surface area contributed by atoms with Crippen LogP contribution in [0, 0.1) is 0 Å². The molecule has 3 aromatic carbocycles. The first-order chi connectivity index (χ1) is 20.7. The second kappa shape index (κ2) is 11.8. The van der Waals surface area contributed by atoms with E-state index in [1.165, 1.54) is 19.3 Å². The second-order valence-electron chi connectivity index (χ2n) is 11.7. The van der Waals surface area contributed by atoms with Gasteiger partial charge in [0.2, 0.25) is 0 Å². The molecule has 1 aliphatic rings. The predicted octanol–water partition coefficient (Wildman–Crippen LogP) is 8.25. The molecule has 2 heterocycles. The highest BCUT2D eigenvalue weighted by atomic mass is 35.5. The quantitative estimate of drug-likeness (QED) is 0.192. The summed E-state index contributed by atoms with van der Waals surface area (Å²) in [6, 6.07) is 23.2. The van der Waals surface area contributed by atoms with Gasteiger partial charge < -0.3 is 14.6 Å². The largest absolute Gasteiger partial charge is 0.462 e. The van der Waals surface area contributed by atoms with E-state index in [2.05, 4.69) is 16.0 Å². The third-order valence-corrected chi connectivity index (χ3v) is 8.56. The van der Waals surface area contributed by atoms with Crippen molar-refractivity contribution in [1.82, 2.24) is 19.9 Å². The summed E-state index contributed by atoms with van der Waals surface area (Å²) < 4.78 is 7.57. The molecule has 43 heavy (non-hydrogen) atoms. The van der Waals surface area contributed by atoms with Crippen molar-refractivity contribution < 1.29 is 14.3 Å². The average molecular weight is 595 g/mol. The Morgan fingerprint density at radius 3 is 2.44 bits per heavy atom. The molecule has 8 heteroatoms. The molecule has 0 unspecified atom stereocenters. The molecule has 1 fully saturated rings. The number of amides is 1. The van der Waals surface area contributed by atoms with Gasteiger partial charge in [0.15, 0.2) is 0 Å². The van der Waals surface area contributed by atoms with Gasteiger partial charge >= 0.3 is 5.97 Å². The van der Waals surface area contributed by atoms with E-state index in [1.807, 2.05) is 74.5 Å². The fraction of sp³-hybridized carbons (Fsp3) is 0.314. The minimum atomic E-state index is -0.604. The van der Waals surface area contributed by atoms with Crippen molar-refractivity contribution in [2.75, 3.05) is 6.61 Å². The standard InChI is InChI=1S/C35H35ClN4O3/c1-4-43-34(42)24-12-19-31-30(21-24)38-32(40(31)27-8-6-5-7-9-27)23-11-17-28-22(20-23)10-18-29(37-28)33(41)39-35(2,3)25-13-15-26(36)16-14-25/h10-21,27H,4-9H2,1-3H3,(H,39,41). The topological polar surface area (TPSA) is 86.1 Å². The first-order valence-electron chi connectivity index (χ1n) is 14.9. The zero-order valence-corrected chi connectivity index (χ0v) is 25.4. The second-order valence-corrected chi connectivity index (χ2v) is 12.1. The van der Waals surface area contributed by atoms with E-state index in [0.29, 0.717) is 28.9 Å². The zero-order chi connectivity index (χ0) is 30.1. The first kappa shape index (κ1) is 28.9. The van der Waals surface area contributed by atoms with Gasteiger partial charge in [0.1, 0.15) is 11.5 Å². The van der Waals surface area contributed by atoms with Crippen molar-refractivity contribution in [3.8, 4) is 11.4 Å². The Labute approximate surface area is 256 Å². The highest BCUT2D eigenvalue weighted by Crippen LogP contribution is 2.37. The number of nitrogens with one attached hydrogen (secondary N) is 1. The number of halogens is 1. The van der Waals surface area contributed by atoms with Crippen LogP contribution in [0.5, 0.6) is 0 Å². The number of rotatable bonds is 7. The zero-order valence-electron chi connectivity index (χ0n) is 24.7. The SMILES string of the molecule is CCOC(=O)c1ccc2c(c1)nc(-c1ccc3nc(C(=O)NC(C)(C)c4ccc(Cl)cc4)ccc3c1)n2C1CCCCC1. The van der Waals surface area contributed by atoms with E-state index in [0.717, 1.165) is 51.7 Å². The van der Waals surface area contributed by atoms with E-state index in [4.69, 9.17) is 26.3 Å². The van der Waals surface area contributed by atoms with Gasteiger partial charge in [-0.25, -0.2) is 14.8 Å². The Hall–Kier alpha value is -4.23. The summed E-state index contributed by atoms with van der Waals surface area (Å²) in [6.45, 7) is 6.04. The molecular formula is C35H35ClN4O3. The smallest absolute Gasteiger partial charge is 0.338 e. The van der Waals surface area contributed by atoms with Gasteiger partial charge in [0.25, 0.3) is 5.91 Å². The Morgan fingerprint density at radius 1 is 0.930 bits per heavy atom. The van der Waals surface area contributed by atoms with Gasteiger partial charge in [-0.1, -0.05) is 49.1 Å². The van der Waals surface area contributed by atoms with Gasteiger partial charge in [-0.15, -0.1) is 0 Å². The Kier molecular flexibility index (Phi) is 7.93. The maximum Gasteiger partial charge on any atom is 0.338 e. The van der Waals surface area contributed by atoms with Crippen molar-refractivity contribution in [2.24, 2.45) is 0 Å². The summed E-state index contributed by atoms with van der Waals surface area (Å²) in [7, 11) is 0. The van der Waals surface area contributed by atoms with Crippen molar-refractivity contribution in [3.05, 3.63) is 94.6 Å². The summed E-state index contributed by atoms with van der Waals surface area (Å²) >= 11 is 6.05. The van der Waals surface area contributed by atoms with E-state index in [9.17, 15) is 9.59 Å². The van der Waals surface area contributed by atoms with E-state index in [-0.39, 0.29) is 11.9 Å². The van der Waals surface area contributed by atoms with Crippen LogP contribution in [0.15, 0.2) is 72.8 Å². The summed E-state index contributed by atoms with van der Waals surface area (Å²) in [5.74, 6) is 0.283. The van der Waals surface area contributed by atoms with Crippen LogP contribution in [-0.4, -0.2) is 33.0 Å². The number of imidazole rings is 1. The predicted molar refractivity (Wildman–Crippen MR) is 170 cm³/mol. The van der Waals surface area contributed by atoms with Gasteiger partial charge in [-0.3, -0.25) is 4.79 Å². The minimum Gasteiger partial charge on any atom is -0.462 e. The molecule has 5 aromatic rings. The van der Waals surface area contributed by atoms with Crippen LogP contribution in [0.4, 0.5) is 0 Å². The lowest BCUT2D eigenvalue weighted by atomic mass is 9.94. The first-order valence-corrected chi connectivity index (χ1v) is 15.3. The number of nitrogens with zero attached hydrogens (tertiary/aromatic N) is 3. The number of hydrogen-bond donors (Lipinski definition) is 1. The maximum atomic E-state index is 13.2. The highest BCUT2D eigenvalue weighted by Gasteiger charge is 2.25. The van der Waals surface area contributed by atoms with E-state index in [1.54, 1.807) is 13.0 Å². The molecule has 220 valence electrons. The summed E-state index contributed by atoms with van der Waals surface area (Å²) in [4.78, 5) is 35.4. The van der Waals surface area contributed by atoms with Crippen molar-refractivity contribution >= 4 is 45.4 Å². The van der Waals surface area contributed by atoms with Gasteiger partial charge in [-0.05, 0) is 93.8 Å². The molecule has 7 nitrogen and oxygen atoms in total. The number of hydrogen-bond acceptors (Lipinski definition) is 5. The minimum absolute atomic E-state index is 0.248. The number of ether oxygens (including phenoxy) is 1. The molecule has 0 bridgehead atoms. The van der Waals surface area contributed by atoms with Crippen molar-refractivity contribution in [2.45, 2.75) is 64.5 Å². The molecule has 6 rings (SSSR count). The molecular weight excluding hydrogens is 560 g/mol. The lowest BCUT2D eigenvalue weighted by molar-refractivity contribution is 0.0526. The number of pyridine rings is 1. The molecule has 1 amide bonds. The van der Waals surface area contributed by atoms with Crippen molar-refractivity contribution in [1.29, 1.82) is 0 Å². The molecule has 0 spiro atoms. The third kappa shape index (κ3) is 5.87. The normalized spacial score (nSPS) is 14.2. The van der Waals surface area contributed by atoms with Crippen LogP contribution in [-0.2, 0) is 10.3 Å². The Balaban J connectivity index is 1.34. The van der Waals surface area contributed by atoms with Gasteiger partial charge in [0.05, 0.1) is 34.3 Å². The van der Waals surface area contributed by atoms with Crippen LogP contribution in [0.25, 0.3) is 33.3 Å². The third-order valence-electron chi connectivity index (χ3n) is 8.31. The number of carbonyl (C=O) groups is 2. The number of esters is 1. The monoisotopic (exact) mass is 594 g/mol. The van der Waals surface area contributed by atoms with E-state index < -0.39 is 5.54 Å². The number of aromatic nitrogens is 3. The lowest BCUT2D eigenvalue weighted by Crippen LogP contribution is -2.41. The molecule has 1 saturated carbocycles. The lowest BCUT2D eigenvalue weighted by Gasteiger charge is -2.27. The number of carbonyl (C=O) groups excluding carboxylic acids is 2. The molecule has 0 radical (unpaired) electrons. The van der Waals surface area contributed by atoms with Crippen LogP contribution >= 0.6 is 11.6 Å². The average Bonchev–Trinajstić information content (AvgIpc) is 3.40. The van der Waals surface area contributed by atoms with Crippen LogP contribution in [0.1, 0.15) is 85.3 Å². The summed E-state index contributed by atoms with van der Waals surface area (Å²) in [5.41, 5.74) is 4.69. The Bertz CT molecular complexity index is 1820. The molecule has 0 saturated heterocycles. The fourth-order valence-corrected chi connectivity index (χ4v) is 6.16. The van der Waals surface area contributed by atoms with Crippen LogP contribution in [0.3, 0.4) is 0 Å².